The second-order valence-electron chi connectivity index (χ2n) is 4.14. The molecule has 0 saturated heterocycles. The van der Waals surface area contributed by atoms with Crippen LogP contribution in [-0.4, -0.2) is 41.9 Å². The van der Waals surface area contributed by atoms with Crippen molar-refractivity contribution in [3.63, 3.8) is 0 Å². The number of aromatic nitrogens is 1. The minimum Gasteiger partial charge on any atom is -0.446 e. The first-order chi connectivity index (χ1) is 9.06. The van der Waals surface area contributed by atoms with E-state index in [0.29, 0.717) is 19.8 Å². The van der Waals surface area contributed by atoms with Crippen LogP contribution in [0.1, 0.15) is 42.7 Å². The molecule has 0 aliphatic rings. The molecule has 1 aromatic heterocycles. The van der Waals surface area contributed by atoms with Crippen molar-refractivity contribution in [3.05, 3.63) is 17.8 Å². The minimum atomic E-state index is -0.791. The van der Waals surface area contributed by atoms with Crippen molar-refractivity contribution in [1.82, 2.24) is 10.3 Å². The molecule has 0 bridgehead atoms. The van der Waals surface area contributed by atoms with Crippen LogP contribution in [0.2, 0.25) is 0 Å². The van der Waals surface area contributed by atoms with Crippen molar-refractivity contribution >= 4 is 5.91 Å². The van der Waals surface area contributed by atoms with Crippen LogP contribution < -0.4 is 11.1 Å². The standard InChI is InChI=1S/C12H21N3O4/c1-3-18-6-4-5-14-11(17)9-7-19-12(15-9)10(13)8(2)16/h7-8,10,16H,3-6,13H2,1-2H3,(H,14,17). The Hall–Kier alpha value is -1.44. The highest BCUT2D eigenvalue weighted by atomic mass is 16.5. The second kappa shape index (κ2) is 7.88. The Balaban J connectivity index is 2.41. The molecule has 2 unspecified atom stereocenters. The summed E-state index contributed by atoms with van der Waals surface area (Å²) in [6.45, 7) is 5.22. The van der Waals surface area contributed by atoms with Gasteiger partial charge in [-0.15, -0.1) is 0 Å². The van der Waals surface area contributed by atoms with E-state index >= 15 is 0 Å². The molecule has 1 amide bonds. The van der Waals surface area contributed by atoms with E-state index in [1.807, 2.05) is 6.92 Å². The van der Waals surface area contributed by atoms with Gasteiger partial charge in [0, 0.05) is 19.8 Å². The fourth-order valence-corrected chi connectivity index (χ4v) is 1.36. The number of hydrogen-bond donors (Lipinski definition) is 3. The summed E-state index contributed by atoms with van der Waals surface area (Å²) in [6, 6.07) is -0.737. The molecule has 0 aromatic carbocycles. The van der Waals surface area contributed by atoms with E-state index in [2.05, 4.69) is 10.3 Å². The van der Waals surface area contributed by atoms with E-state index in [0.717, 1.165) is 6.42 Å². The fraction of sp³-hybridized carbons (Fsp3) is 0.667. The van der Waals surface area contributed by atoms with Gasteiger partial charge >= 0.3 is 0 Å². The number of nitrogens with one attached hydrogen (secondary N) is 1. The molecule has 2 atom stereocenters. The number of aliphatic hydroxyl groups is 1. The lowest BCUT2D eigenvalue weighted by Crippen LogP contribution is -2.26. The zero-order chi connectivity index (χ0) is 14.3. The van der Waals surface area contributed by atoms with E-state index < -0.39 is 12.1 Å². The van der Waals surface area contributed by atoms with Crippen LogP contribution in [0.3, 0.4) is 0 Å². The maximum Gasteiger partial charge on any atom is 0.273 e. The molecule has 0 spiro atoms. The largest absolute Gasteiger partial charge is 0.446 e. The molecule has 0 radical (unpaired) electrons. The number of rotatable bonds is 8. The molecule has 4 N–H and O–H groups in total. The predicted octanol–water partition coefficient (Wildman–Crippen LogP) is 0.212. The van der Waals surface area contributed by atoms with Gasteiger partial charge in [0.2, 0.25) is 5.89 Å². The van der Waals surface area contributed by atoms with Gasteiger partial charge in [0.1, 0.15) is 12.3 Å². The zero-order valence-electron chi connectivity index (χ0n) is 11.3. The van der Waals surface area contributed by atoms with E-state index in [9.17, 15) is 9.90 Å². The summed E-state index contributed by atoms with van der Waals surface area (Å²) in [5.41, 5.74) is 5.81. The van der Waals surface area contributed by atoms with Crippen molar-refractivity contribution in [2.45, 2.75) is 32.4 Å². The Kier molecular flexibility index (Phi) is 6.48. The average Bonchev–Trinajstić information content (AvgIpc) is 2.86. The van der Waals surface area contributed by atoms with Crippen molar-refractivity contribution in [1.29, 1.82) is 0 Å². The Labute approximate surface area is 112 Å². The van der Waals surface area contributed by atoms with Gasteiger partial charge < -0.3 is 25.3 Å². The van der Waals surface area contributed by atoms with E-state index in [-0.39, 0.29) is 17.5 Å². The van der Waals surface area contributed by atoms with Gasteiger partial charge in [0.15, 0.2) is 5.69 Å². The predicted molar refractivity (Wildman–Crippen MR) is 68.6 cm³/mol. The van der Waals surface area contributed by atoms with Gasteiger partial charge in [-0.2, -0.15) is 0 Å². The average molecular weight is 271 g/mol. The summed E-state index contributed by atoms with van der Waals surface area (Å²) in [7, 11) is 0. The molecule has 7 heteroatoms. The maximum absolute atomic E-state index is 11.7. The number of nitrogens with two attached hydrogens (primary N) is 1. The van der Waals surface area contributed by atoms with Crippen LogP contribution in [0, 0.1) is 0 Å². The number of aliphatic hydroxyl groups excluding tert-OH is 1. The third-order valence-corrected chi connectivity index (χ3v) is 2.51. The lowest BCUT2D eigenvalue weighted by Gasteiger charge is -2.09. The SMILES string of the molecule is CCOCCCNC(=O)c1coc(C(N)C(C)O)n1. The van der Waals surface area contributed by atoms with Crippen molar-refractivity contribution in [2.75, 3.05) is 19.8 Å². The van der Waals surface area contributed by atoms with E-state index in [1.165, 1.54) is 13.2 Å². The third-order valence-electron chi connectivity index (χ3n) is 2.51. The highest BCUT2D eigenvalue weighted by Crippen LogP contribution is 2.13. The number of hydrogen-bond acceptors (Lipinski definition) is 6. The van der Waals surface area contributed by atoms with Crippen LogP contribution in [0.5, 0.6) is 0 Å². The van der Waals surface area contributed by atoms with Gasteiger partial charge in [0.25, 0.3) is 5.91 Å². The summed E-state index contributed by atoms with van der Waals surface area (Å²) < 4.78 is 10.2. The molecular weight excluding hydrogens is 250 g/mol. The monoisotopic (exact) mass is 271 g/mol. The summed E-state index contributed by atoms with van der Waals surface area (Å²) in [6.07, 6.45) is 1.17. The number of oxazole rings is 1. The minimum absolute atomic E-state index is 0.148. The molecular formula is C12H21N3O4. The smallest absolute Gasteiger partial charge is 0.273 e. The van der Waals surface area contributed by atoms with Gasteiger partial charge in [0.05, 0.1) is 6.10 Å². The van der Waals surface area contributed by atoms with Crippen molar-refractivity contribution in [3.8, 4) is 0 Å². The van der Waals surface area contributed by atoms with Gasteiger partial charge in [-0.1, -0.05) is 0 Å². The van der Waals surface area contributed by atoms with Gasteiger partial charge in [-0.05, 0) is 20.3 Å². The van der Waals surface area contributed by atoms with Crippen LogP contribution in [0.15, 0.2) is 10.7 Å². The maximum atomic E-state index is 11.7. The third kappa shape index (κ3) is 4.98. The zero-order valence-corrected chi connectivity index (χ0v) is 11.3. The molecule has 7 nitrogen and oxygen atoms in total. The second-order valence-corrected chi connectivity index (χ2v) is 4.14. The molecule has 108 valence electrons. The fourth-order valence-electron chi connectivity index (χ4n) is 1.36. The molecule has 1 aromatic rings. The molecule has 1 heterocycles. The Morgan fingerprint density at radius 2 is 2.42 bits per heavy atom. The molecule has 0 fully saturated rings. The molecule has 0 aliphatic carbocycles. The first-order valence-corrected chi connectivity index (χ1v) is 6.31. The first-order valence-electron chi connectivity index (χ1n) is 6.31. The number of ether oxygens (including phenoxy) is 1. The Morgan fingerprint density at radius 3 is 3.05 bits per heavy atom. The Bertz CT molecular complexity index is 392. The highest BCUT2D eigenvalue weighted by Gasteiger charge is 2.20. The van der Waals surface area contributed by atoms with Gasteiger partial charge in [-0.3, -0.25) is 4.79 Å². The van der Waals surface area contributed by atoms with Crippen LogP contribution in [0.25, 0.3) is 0 Å². The van der Waals surface area contributed by atoms with Crippen LogP contribution in [0.4, 0.5) is 0 Å². The quantitative estimate of drug-likeness (QED) is 0.583. The number of amides is 1. The number of carbonyl (C=O) groups excluding carboxylic acids is 1. The molecule has 0 aliphatic heterocycles. The van der Waals surface area contributed by atoms with E-state index in [4.69, 9.17) is 14.9 Å². The number of carbonyl (C=O) groups is 1. The summed E-state index contributed by atoms with van der Waals surface area (Å²) in [5, 5.41) is 12.0. The van der Waals surface area contributed by atoms with Crippen molar-refractivity contribution < 1.29 is 19.1 Å². The summed E-state index contributed by atoms with van der Waals surface area (Å²) in [5.74, 6) is -0.182. The first kappa shape index (κ1) is 15.6. The molecule has 0 saturated carbocycles. The van der Waals surface area contributed by atoms with Crippen LogP contribution >= 0.6 is 0 Å². The lowest BCUT2D eigenvalue weighted by atomic mass is 10.2. The summed E-state index contributed by atoms with van der Waals surface area (Å²) in [4.78, 5) is 15.7. The van der Waals surface area contributed by atoms with E-state index in [1.54, 1.807) is 0 Å². The molecule has 19 heavy (non-hydrogen) atoms. The Morgan fingerprint density at radius 1 is 1.68 bits per heavy atom. The lowest BCUT2D eigenvalue weighted by molar-refractivity contribution is 0.0939. The van der Waals surface area contributed by atoms with Crippen LogP contribution in [-0.2, 0) is 4.74 Å². The topological polar surface area (TPSA) is 111 Å². The van der Waals surface area contributed by atoms with Crippen molar-refractivity contribution in [2.24, 2.45) is 5.73 Å². The normalized spacial score (nSPS) is 14.1. The highest BCUT2D eigenvalue weighted by molar-refractivity contribution is 5.91. The number of nitrogens with zero attached hydrogens (tertiary/aromatic N) is 1. The molecule has 1 rings (SSSR count). The van der Waals surface area contributed by atoms with Gasteiger partial charge in [-0.25, -0.2) is 4.98 Å². The summed E-state index contributed by atoms with van der Waals surface area (Å²) >= 11 is 0.